The molecule has 0 N–H and O–H groups in total. The molecule has 4 saturated carbocycles. The van der Waals surface area contributed by atoms with Gasteiger partial charge in [-0.15, -0.1) is 0 Å². The van der Waals surface area contributed by atoms with Crippen LogP contribution in [-0.2, 0) is 13.9 Å². The zero-order chi connectivity index (χ0) is 24.9. The van der Waals surface area contributed by atoms with Crippen LogP contribution in [-0.4, -0.2) is 32.4 Å². The average Bonchev–Trinajstić information content (AvgIpc) is 3.22. The third-order valence-electron chi connectivity index (χ3n) is 12.0. The Balaban J connectivity index is 1.48. The van der Waals surface area contributed by atoms with E-state index in [4.69, 9.17) is 13.9 Å². The Kier molecular flexibility index (Phi) is 5.93. The summed E-state index contributed by atoms with van der Waals surface area (Å²) >= 11 is 0. The van der Waals surface area contributed by atoms with Gasteiger partial charge in [0.1, 0.15) is 0 Å². The fraction of sp³-hybridized carbons (Fsp3) is 0.933. The monoisotopic (exact) mass is 488 g/mol. The van der Waals surface area contributed by atoms with Crippen molar-refractivity contribution < 1.29 is 13.9 Å². The summed E-state index contributed by atoms with van der Waals surface area (Å²) in [6.45, 7) is 23.7. The Morgan fingerprint density at radius 2 is 1.59 bits per heavy atom. The van der Waals surface area contributed by atoms with Crippen molar-refractivity contribution in [1.29, 1.82) is 0 Å². The zero-order valence-electron chi connectivity index (χ0n) is 23.8. The van der Waals surface area contributed by atoms with Crippen LogP contribution in [0.15, 0.2) is 11.6 Å². The maximum atomic E-state index is 7.02. The number of fused-ring (bicyclic) bond motifs is 8. The van der Waals surface area contributed by atoms with Crippen molar-refractivity contribution in [3.63, 3.8) is 0 Å². The van der Waals surface area contributed by atoms with E-state index in [9.17, 15) is 0 Å². The van der Waals surface area contributed by atoms with Crippen LogP contribution in [0, 0.1) is 34.5 Å². The van der Waals surface area contributed by atoms with Gasteiger partial charge in [-0.25, -0.2) is 0 Å². The van der Waals surface area contributed by atoms with Crippen LogP contribution in [0.2, 0.25) is 18.1 Å². The van der Waals surface area contributed by atoms with Gasteiger partial charge in [0.2, 0.25) is 0 Å². The average molecular weight is 489 g/mol. The molecule has 9 atom stereocenters. The molecule has 1 aliphatic heterocycles. The van der Waals surface area contributed by atoms with Crippen LogP contribution < -0.4 is 0 Å². The molecule has 5 fully saturated rings. The zero-order valence-corrected chi connectivity index (χ0v) is 24.8. The molecule has 0 aromatic heterocycles. The van der Waals surface area contributed by atoms with Gasteiger partial charge in [0, 0.05) is 6.10 Å². The molecule has 0 bridgehead atoms. The van der Waals surface area contributed by atoms with E-state index < -0.39 is 14.1 Å². The van der Waals surface area contributed by atoms with Gasteiger partial charge in [-0.1, -0.05) is 46.3 Å². The molecule has 0 aromatic carbocycles. The molecule has 4 heteroatoms. The lowest BCUT2D eigenvalue weighted by Crippen LogP contribution is -2.63. The molecule has 4 unspecified atom stereocenters. The third kappa shape index (κ3) is 3.67. The first kappa shape index (κ1) is 25.5. The Morgan fingerprint density at radius 3 is 2.24 bits per heavy atom. The van der Waals surface area contributed by atoms with E-state index >= 15 is 0 Å². The molecule has 194 valence electrons. The van der Waals surface area contributed by atoms with E-state index in [1.165, 1.54) is 38.5 Å². The van der Waals surface area contributed by atoms with Gasteiger partial charge in [0.15, 0.2) is 14.1 Å². The predicted molar refractivity (Wildman–Crippen MR) is 142 cm³/mol. The van der Waals surface area contributed by atoms with Gasteiger partial charge in [-0.3, -0.25) is 0 Å². The quantitative estimate of drug-likeness (QED) is 0.290. The lowest BCUT2D eigenvalue weighted by atomic mass is 9.43. The van der Waals surface area contributed by atoms with Gasteiger partial charge in [0.25, 0.3) is 0 Å². The summed E-state index contributed by atoms with van der Waals surface area (Å²) in [4.78, 5) is 0. The van der Waals surface area contributed by atoms with Crippen LogP contribution in [0.25, 0.3) is 0 Å². The van der Waals surface area contributed by atoms with Crippen LogP contribution in [0.5, 0.6) is 0 Å². The molecule has 0 amide bonds. The van der Waals surface area contributed by atoms with Crippen molar-refractivity contribution in [2.45, 2.75) is 143 Å². The van der Waals surface area contributed by atoms with E-state index in [1.807, 2.05) is 0 Å². The molecule has 34 heavy (non-hydrogen) atoms. The van der Waals surface area contributed by atoms with Crippen LogP contribution >= 0.6 is 0 Å². The summed E-state index contributed by atoms with van der Waals surface area (Å²) in [6, 6.07) is 0. The molecule has 0 radical (unpaired) electrons. The van der Waals surface area contributed by atoms with Crippen molar-refractivity contribution in [2.75, 3.05) is 0 Å². The standard InChI is InChI=1S/C30H52O3Si/c1-11-19-12-13-21-24-22(15-17-29(19,21)7)30(8)16-14-20(33-34(9,10)27(2,3)4)18-23(30)25-26(24)32-28(5,6)31-25/h11,20-26H,12-18H2,1-10H3/b19-11+/t20-,21?,22?,23?,24?,25-,26-,29-,30-/m1/s1. The molecule has 1 heterocycles. The lowest BCUT2D eigenvalue weighted by molar-refractivity contribution is -0.181. The fourth-order valence-electron chi connectivity index (χ4n) is 9.17. The maximum Gasteiger partial charge on any atom is 0.192 e. The van der Waals surface area contributed by atoms with Crippen LogP contribution in [0.4, 0.5) is 0 Å². The number of allylic oxidation sites excluding steroid dienone is 2. The Hall–Kier alpha value is -0.163. The van der Waals surface area contributed by atoms with E-state index in [0.29, 0.717) is 28.8 Å². The summed E-state index contributed by atoms with van der Waals surface area (Å²) in [5, 5.41) is 0.254. The number of hydrogen-bond acceptors (Lipinski definition) is 3. The Bertz CT molecular complexity index is 840. The van der Waals surface area contributed by atoms with E-state index in [1.54, 1.807) is 5.57 Å². The van der Waals surface area contributed by atoms with Gasteiger partial charge in [-0.2, -0.15) is 0 Å². The second kappa shape index (κ2) is 7.92. The highest BCUT2D eigenvalue weighted by Crippen LogP contribution is 2.69. The molecule has 3 nitrogen and oxygen atoms in total. The summed E-state index contributed by atoms with van der Waals surface area (Å²) in [5.41, 5.74) is 2.41. The first-order valence-corrected chi connectivity index (χ1v) is 17.2. The molecule has 0 spiro atoms. The molecule has 5 aliphatic rings. The SMILES string of the molecule is C/C=C1\CCC2C3C(CC[C@]12C)[C@@]1(C)CC[C@@H](O[Si](C)(C)C(C)(C)C)CC1[C@H]1OC(C)(C)O[C@H]31. The normalized spacial score (nSPS) is 49.4. The smallest absolute Gasteiger partial charge is 0.192 e. The highest BCUT2D eigenvalue weighted by molar-refractivity contribution is 6.74. The third-order valence-corrected chi connectivity index (χ3v) is 16.5. The molecule has 1 saturated heterocycles. The maximum absolute atomic E-state index is 7.02. The lowest BCUT2D eigenvalue weighted by Gasteiger charge is -2.63. The summed E-state index contributed by atoms with van der Waals surface area (Å²) in [5.74, 6) is 2.17. The van der Waals surface area contributed by atoms with Crippen molar-refractivity contribution >= 4 is 8.32 Å². The molecular formula is C30H52O3Si. The van der Waals surface area contributed by atoms with Gasteiger partial charge < -0.3 is 13.9 Å². The molecule has 4 aliphatic carbocycles. The van der Waals surface area contributed by atoms with Crippen molar-refractivity contribution in [2.24, 2.45) is 34.5 Å². The topological polar surface area (TPSA) is 27.7 Å². The fourth-order valence-corrected chi connectivity index (χ4v) is 10.6. The number of ether oxygens (including phenoxy) is 2. The highest BCUT2D eigenvalue weighted by atomic mass is 28.4. The van der Waals surface area contributed by atoms with E-state index in [-0.39, 0.29) is 17.2 Å². The Labute approximate surface area is 210 Å². The minimum atomic E-state index is -1.79. The number of rotatable bonds is 2. The summed E-state index contributed by atoms with van der Waals surface area (Å²) < 4.78 is 20.7. The van der Waals surface area contributed by atoms with Crippen LogP contribution in [0.1, 0.15) is 100 Å². The van der Waals surface area contributed by atoms with Crippen molar-refractivity contribution in [3.8, 4) is 0 Å². The van der Waals surface area contributed by atoms with Gasteiger partial charge >= 0.3 is 0 Å². The first-order chi connectivity index (χ1) is 15.6. The first-order valence-electron chi connectivity index (χ1n) is 14.3. The largest absolute Gasteiger partial charge is 0.414 e. The van der Waals surface area contributed by atoms with E-state index in [0.717, 1.165) is 18.3 Å². The van der Waals surface area contributed by atoms with Crippen LogP contribution in [0.3, 0.4) is 0 Å². The van der Waals surface area contributed by atoms with Gasteiger partial charge in [0.05, 0.1) is 12.2 Å². The number of hydrogen-bond donors (Lipinski definition) is 0. The van der Waals surface area contributed by atoms with E-state index in [2.05, 4.69) is 74.6 Å². The predicted octanol–water partition coefficient (Wildman–Crippen LogP) is 8.11. The summed E-state index contributed by atoms with van der Waals surface area (Å²) in [6.07, 6.45) is 12.2. The Morgan fingerprint density at radius 1 is 0.912 bits per heavy atom. The molecule has 5 rings (SSSR count). The highest BCUT2D eigenvalue weighted by Gasteiger charge is 2.68. The van der Waals surface area contributed by atoms with Crippen molar-refractivity contribution in [3.05, 3.63) is 11.6 Å². The molecular weight excluding hydrogens is 436 g/mol. The minimum Gasteiger partial charge on any atom is -0.414 e. The van der Waals surface area contributed by atoms with Crippen molar-refractivity contribution in [1.82, 2.24) is 0 Å². The summed E-state index contributed by atoms with van der Waals surface area (Å²) in [7, 11) is -1.79. The van der Waals surface area contributed by atoms with Gasteiger partial charge in [-0.05, 0) is 118 Å². The minimum absolute atomic E-state index is 0.212. The molecule has 0 aromatic rings. The second-order valence-corrected chi connectivity index (χ2v) is 19.8. The second-order valence-electron chi connectivity index (χ2n) is 15.1.